The van der Waals surface area contributed by atoms with Crippen LogP contribution in [0.15, 0.2) is 30.3 Å². The van der Waals surface area contributed by atoms with Gasteiger partial charge in [-0.25, -0.2) is 4.79 Å². The lowest BCUT2D eigenvalue weighted by molar-refractivity contribution is -0.115. The van der Waals surface area contributed by atoms with E-state index < -0.39 is 11.8 Å². The van der Waals surface area contributed by atoms with Gasteiger partial charge >= 0.3 is 6.09 Å². The maximum absolute atomic E-state index is 12.6. The number of nitrogens with one attached hydrogen (secondary N) is 1. The Labute approximate surface area is 220 Å². The third-order valence-corrected chi connectivity index (χ3v) is 7.52. The summed E-state index contributed by atoms with van der Waals surface area (Å²) in [5.41, 5.74) is 0.0295. The molecule has 1 N–H and O–H groups in total. The van der Waals surface area contributed by atoms with Crippen LogP contribution in [0.2, 0.25) is 0 Å². The number of amides is 2. The predicted octanol–water partition coefficient (Wildman–Crippen LogP) is 8.37. The standard InChI is InChI=1S/C31H52N2O3/c1-4-5-6-7-8-9-10-11-12-13-14-15-16-17-18-22-25-33-29(34)31(33,27(2)3)32-30(35)36-26-28-23-20-19-21-24-28/h19-21,23-24,27H,4-18,22,25-26H2,1-3H3,(H,32,35). The first-order valence-electron chi connectivity index (χ1n) is 14.8. The Balaban J connectivity index is 1.48. The van der Waals surface area contributed by atoms with Gasteiger partial charge in [0.25, 0.3) is 5.91 Å². The number of hydrogen-bond acceptors (Lipinski definition) is 3. The molecule has 5 nitrogen and oxygen atoms in total. The average molecular weight is 501 g/mol. The zero-order valence-corrected chi connectivity index (χ0v) is 23.4. The predicted molar refractivity (Wildman–Crippen MR) is 149 cm³/mol. The number of carbonyl (C=O) groups excluding carboxylic acids is 2. The van der Waals surface area contributed by atoms with Crippen molar-refractivity contribution in [2.45, 2.75) is 136 Å². The van der Waals surface area contributed by atoms with Crippen LogP contribution in [0.5, 0.6) is 0 Å². The number of unbranched alkanes of at least 4 members (excludes halogenated alkanes) is 15. The maximum atomic E-state index is 12.6. The van der Waals surface area contributed by atoms with Gasteiger partial charge in [-0.15, -0.1) is 0 Å². The molecule has 1 aromatic rings. The van der Waals surface area contributed by atoms with Crippen LogP contribution >= 0.6 is 0 Å². The summed E-state index contributed by atoms with van der Waals surface area (Å²) in [5, 5.41) is 2.86. The molecule has 0 radical (unpaired) electrons. The van der Waals surface area contributed by atoms with E-state index in [2.05, 4.69) is 12.2 Å². The largest absolute Gasteiger partial charge is 0.445 e. The minimum Gasteiger partial charge on any atom is -0.445 e. The smallest absolute Gasteiger partial charge is 0.409 e. The van der Waals surface area contributed by atoms with E-state index in [1.54, 1.807) is 0 Å². The quantitative estimate of drug-likeness (QED) is 0.136. The minimum absolute atomic E-state index is 0.00432. The zero-order chi connectivity index (χ0) is 26.1. The second kappa shape index (κ2) is 17.4. The molecule has 0 aromatic heterocycles. The highest BCUT2D eigenvalue weighted by atomic mass is 16.5. The van der Waals surface area contributed by atoms with E-state index >= 15 is 0 Å². The summed E-state index contributed by atoms with van der Waals surface area (Å²) in [7, 11) is 0. The number of benzene rings is 1. The Kier molecular flexibility index (Phi) is 14.6. The van der Waals surface area contributed by atoms with Crippen molar-refractivity contribution in [3.8, 4) is 0 Å². The summed E-state index contributed by atoms with van der Waals surface area (Å²) in [6.07, 6.45) is 20.8. The van der Waals surface area contributed by atoms with E-state index in [0.717, 1.165) is 18.4 Å². The van der Waals surface area contributed by atoms with Gasteiger partial charge in [0.05, 0.1) is 0 Å². The van der Waals surface area contributed by atoms with Crippen molar-refractivity contribution in [2.75, 3.05) is 6.54 Å². The van der Waals surface area contributed by atoms with Crippen LogP contribution in [-0.4, -0.2) is 29.1 Å². The Morgan fingerprint density at radius 3 is 1.75 bits per heavy atom. The lowest BCUT2D eigenvalue weighted by atomic mass is 10.0. The normalized spacial score (nSPS) is 17.0. The molecule has 36 heavy (non-hydrogen) atoms. The van der Waals surface area contributed by atoms with Crippen molar-refractivity contribution in [3.63, 3.8) is 0 Å². The molecule has 1 heterocycles. The van der Waals surface area contributed by atoms with Gasteiger partial charge in [-0.3, -0.25) is 10.1 Å². The molecule has 0 bridgehead atoms. The minimum atomic E-state index is -0.900. The summed E-state index contributed by atoms with van der Waals surface area (Å²) in [4.78, 5) is 26.8. The Morgan fingerprint density at radius 2 is 1.28 bits per heavy atom. The van der Waals surface area contributed by atoms with Crippen LogP contribution in [0.3, 0.4) is 0 Å². The number of nitrogens with zero attached hydrogens (tertiary/aromatic N) is 1. The number of carbonyl (C=O) groups is 2. The van der Waals surface area contributed by atoms with Crippen LogP contribution in [-0.2, 0) is 16.1 Å². The van der Waals surface area contributed by atoms with Crippen molar-refractivity contribution in [1.29, 1.82) is 0 Å². The fourth-order valence-electron chi connectivity index (χ4n) is 5.12. The highest BCUT2D eigenvalue weighted by molar-refractivity contribution is 6.04. The van der Waals surface area contributed by atoms with Crippen molar-refractivity contribution >= 4 is 12.0 Å². The number of alkyl carbamates (subject to hydrolysis) is 1. The summed E-state index contributed by atoms with van der Waals surface area (Å²) in [6, 6.07) is 9.58. The van der Waals surface area contributed by atoms with Gasteiger partial charge in [0.2, 0.25) is 5.66 Å². The van der Waals surface area contributed by atoms with Crippen molar-refractivity contribution in [1.82, 2.24) is 10.2 Å². The van der Waals surface area contributed by atoms with Gasteiger partial charge in [0, 0.05) is 12.5 Å². The topological polar surface area (TPSA) is 58.4 Å². The van der Waals surface area contributed by atoms with Crippen LogP contribution in [0.1, 0.15) is 129 Å². The molecule has 0 saturated carbocycles. The number of hydrogen-bond donors (Lipinski definition) is 1. The van der Waals surface area contributed by atoms with Gasteiger partial charge in [-0.05, 0) is 12.0 Å². The first-order chi connectivity index (χ1) is 17.5. The molecule has 1 atom stereocenters. The van der Waals surface area contributed by atoms with Crippen LogP contribution in [0.25, 0.3) is 0 Å². The average Bonchev–Trinajstić information content (AvgIpc) is 3.45. The summed E-state index contributed by atoms with van der Waals surface area (Å²) in [6.45, 7) is 7.13. The summed E-state index contributed by atoms with van der Waals surface area (Å²) in [5.74, 6) is 0.00505. The Hall–Kier alpha value is -2.04. The Bertz CT molecular complexity index is 737. The Morgan fingerprint density at radius 1 is 0.806 bits per heavy atom. The van der Waals surface area contributed by atoms with Crippen LogP contribution < -0.4 is 5.32 Å². The third kappa shape index (κ3) is 10.5. The lowest BCUT2D eigenvalue weighted by Gasteiger charge is -2.21. The van der Waals surface area contributed by atoms with Crippen molar-refractivity contribution in [3.05, 3.63) is 35.9 Å². The lowest BCUT2D eigenvalue weighted by Crippen LogP contribution is -2.46. The molecule has 1 fully saturated rings. The molecular weight excluding hydrogens is 448 g/mol. The first kappa shape index (κ1) is 30.2. The zero-order valence-electron chi connectivity index (χ0n) is 23.4. The van der Waals surface area contributed by atoms with Gasteiger partial charge in [-0.2, -0.15) is 0 Å². The van der Waals surface area contributed by atoms with Gasteiger partial charge in [-0.1, -0.05) is 147 Å². The second-order valence-corrected chi connectivity index (χ2v) is 10.9. The monoisotopic (exact) mass is 500 g/mol. The first-order valence-corrected chi connectivity index (χ1v) is 14.8. The molecule has 2 amide bonds. The fourth-order valence-corrected chi connectivity index (χ4v) is 5.12. The van der Waals surface area contributed by atoms with E-state index in [1.165, 1.54) is 89.9 Å². The molecule has 1 aromatic carbocycles. The highest BCUT2D eigenvalue weighted by Crippen LogP contribution is 2.39. The molecule has 0 aliphatic carbocycles. The van der Waals surface area contributed by atoms with Crippen LogP contribution in [0.4, 0.5) is 4.79 Å². The molecule has 1 aliphatic rings. The van der Waals surface area contributed by atoms with E-state index in [9.17, 15) is 9.59 Å². The molecule has 5 heteroatoms. The molecule has 1 unspecified atom stereocenters. The van der Waals surface area contributed by atoms with E-state index in [0.29, 0.717) is 6.54 Å². The number of ether oxygens (including phenoxy) is 1. The molecule has 0 spiro atoms. The highest BCUT2D eigenvalue weighted by Gasteiger charge is 2.65. The van der Waals surface area contributed by atoms with Gasteiger partial charge in [0.1, 0.15) is 6.61 Å². The molecule has 2 rings (SSSR count). The van der Waals surface area contributed by atoms with Gasteiger partial charge in [0.15, 0.2) is 0 Å². The molecular formula is C31H52N2O3. The number of rotatable bonds is 21. The summed E-state index contributed by atoms with van der Waals surface area (Å²) >= 11 is 0. The van der Waals surface area contributed by atoms with Crippen molar-refractivity contribution < 1.29 is 14.3 Å². The SMILES string of the molecule is CCCCCCCCCCCCCCCCCCN1C(=O)C1(NC(=O)OCc1ccccc1)C(C)C. The molecule has 1 saturated heterocycles. The van der Waals surface area contributed by atoms with E-state index in [-0.39, 0.29) is 18.4 Å². The second-order valence-electron chi connectivity index (χ2n) is 10.9. The van der Waals surface area contributed by atoms with E-state index in [4.69, 9.17) is 4.74 Å². The maximum Gasteiger partial charge on any atom is 0.409 e. The fraction of sp³-hybridized carbons (Fsp3) is 0.742. The van der Waals surface area contributed by atoms with E-state index in [1.807, 2.05) is 49.1 Å². The third-order valence-electron chi connectivity index (χ3n) is 7.52. The molecule has 204 valence electrons. The summed E-state index contributed by atoms with van der Waals surface area (Å²) < 4.78 is 5.36. The van der Waals surface area contributed by atoms with Gasteiger partial charge < -0.3 is 9.64 Å². The molecule has 1 aliphatic heterocycles. The van der Waals surface area contributed by atoms with Crippen molar-refractivity contribution in [2.24, 2.45) is 5.92 Å². The van der Waals surface area contributed by atoms with Crippen LogP contribution in [0, 0.1) is 5.92 Å².